The van der Waals surface area contributed by atoms with Crippen LogP contribution in [0.1, 0.15) is 15.7 Å². The van der Waals surface area contributed by atoms with Gasteiger partial charge in [0, 0.05) is 23.9 Å². The van der Waals surface area contributed by atoms with Gasteiger partial charge in [0.05, 0.1) is 0 Å². The van der Waals surface area contributed by atoms with E-state index in [9.17, 15) is 0 Å². The van der Waals surface area contributed by atoms with Crippen LogP contribution >= 0.6 is 11.3 Å². The highest BCUT2D eigenvalue weighted by Crippen LogP contribution is 2.26. The maximum absolute atomic E-state index is 8.57. The van der Waals surface area contributed by atoms with Gasteiger partial charge in [-0.3, -0.25) is 0 Å². The van der Waals surface area contributed by atoms with E-state index in [0.29, 0.717) is 5.92 Å². The van der Waals surface area contributed by atoms with Crippen LogP contribution in [0.25, 0.3) is 0 Å². The van der Waals surface area contributed by atoms with Gasteiger partial charge in [-0.25, -0.2) is 0 Å². The van der Waals surface area contributed by atoms with Crippen LogP contribution < -0.4 is 5.32 Å². The lowest BCUT2D eigenvalue weighted by Crippen LogP contribution is -2.39. The third kappa shape index (κ3) is 1.15. The zero-order chi connectivity index (χ0) is 7.68. The largest absolute Gasteiger partial charge is 0.315 e. The van der Waals surface area contributed by atoms with Crippen LogP contribution in [-0.4, -0.2) is 13.1 Å². The Morgan fingerprint density at radius 2 is 2.36 bits per heavy atom. The number of nitrogens with one attached hydrogen (secondary N) is 1. The average Bonchev–Trinajstić information content (AvgIpc) is 2.32. The normalized spacial score (nSPS) is 17.4. The molecule has 1 N–H and O–H groups in total. The number of thiophene rings is 1. The van der Waals surface area contributed by atoms with E-state index in [4.69, 9.17) is 5.26 Å². The predicted octanol–water partition coefficient (Wildman–Crippen LogP) is 1.31. The van der Waals surface area contributed by atoms with E-state index in [1.807, 2.05) is 6.07 Å². The second kappa shape index (κ2) is 2.65. The average molecular weight is 164 g/mol. The summed E-state index contributed by atoms with van der Waals surface area (Å²) in [5.74, 6) is 0.669. The van der Waals surface area contributed by atoms with Gasteiger partial charge in [-0.2, -0.15) is 5.26 Å². The van der Waals surface area contributed by atoms with Gasteiger partial charge < -0.3 is 5.32 Å². The fourth-order valence-corrected chi connectivity index (χ4v) is 2.03. The first kappa shape index (κ1) is 6.84. The smallest absolute Gasteiger partial charge is 0.110 e. The molecule has 0 amide bonds. The Labute approximate surface area is 69.5 Å². The number of nitrogens with zero attached hydrogens (tertiary/aromatic N) is 1. The Bertz CT molecular complexity index is 293. The predicted molar refractivity (Wildman–Crippen MR) is 44.6 cm³/mol. The summed E-state index contributed by atoms with van der Waals surface area (Å²) < 4.78 is 0. The Balaban J connectivity index is 2.19. The monoisotopic (exact) mass is 164 g/mol. The molecule has 11 heavy (non-hydrogen) atoms. The standard InChI is InChI=1S/C8H8N2S/c9-3-7-1-2-8(11-7)6-4-10-5-6/h1-2,6,10H,4-5H2. The van der Waals surface area contributed by atoms with Crippen molar-refractivity contribution in [2.24, 2.45) is 0 Å². The summed E-state index contributed by atoms with van der Waals surface area (Å²) in [4.78, 5) is 2.17. The molecule has 1 aliphatic rings. The molecule has 1 aromatic heterocycles. The van der Waals surface area contributed by atoms with Gasteiger partial charge in [-0.05, 0) is 12.1 Å². The van der Waals surface area contributed by atoms with Crippen molar-refractivity contribution >= 4 is 11.3 Å². The Kier molecular flexibility index (Phi) is 1.65. The fraction of sp³-hybridized carbons (Fsp3) is 0.375. The molecule has 2 heterocycles. The topological polar surface area (TPSA) is 35.8 Å². The highest BCUT2D eigenvalue weighted by Gasteiger charge is 2.20. The second-order valence-electron chi connectivity index (χ2n) is 2.67. The minimum atomic E-state index is 0.669. The van der Waals surface area contributed by atoms with Gasteiger partial charge in [0.25, 0.3) is 0 Å². The van der Waals surface area contributed by atoms with E-state index in [1.54, 1.807) is 11.3 Å². The summed E-state index contributed by atoms with van der Waals surface area (Å²) in [7, 11) is 0. The molecule has 2 nitrogen and oxygen atoms in total. The quantitative estimate of drug-likeness (QED) is 0.679. The molecule has 1 fully saturated rings. The van der Waals surface area contributed by atoms with Gasteiger partial charge in [0.2, 0.25) is 0 Å². The molecule has 0 bridgehead atoms. The summed E-state index contributed by atoms with van der Waals surface area (Å²) in [6, 6.07) is 6.11. The molecule has 0 aromatic carbocycles. The molecule has 0 aliphatic carbocycles. The van der Waals surface area contributed by atoms with Gasteiger partial charge in [0.15, 0.2) is 0 Å². The van der Waals surface area contributed by atoms with Crippen molar-refractivity contribution in [2.45, 2.75) is 5.92 Å². The maximum atomic E-state index is 8.57. The molecule has 0 saturated carbocycles. The van der Waals surface area contributed by atoms with Gasteiger partial charge in [-0.15, -0.1) is 11.3 Å². The minimum absolute atomic E-state index is 0.669. The SMILES string of the molecule is N#Cc1ccc(C2CNC2)s1. The highest BCUT2D eigenvalue weighted by atomic mass is 32.1. The van der Waals surface area contributed by atoms with Crippen LogP contribution in [0.3, 0.4) is 0 Å². The second-order valence-corrected chi connectivity index (χ2v) is 3.78. The molecule has 56 valence electrons. The summed E-state index contributed by atoms with van der Waals surface area (Å²) in [5.41, 5.74) is 0. The van der Waals surface area contributed by atoms with E-state index in [1.165, 1.54) is 4.88 Å². The van der Waals surface area contributed by atoms with E-state index < -0.39 is 0 Å². The maximum Gasteiger partial charge on any atom is 0.110 e. The third-order valence-electron chi connectivity index (χ3n) is 1.92. The summed E-state index contributed by atoms with van der Waals surface area (Å²) >= 11 is 1.62. The van der Waals surface area contributed by atoms with E-state index in [0.717, 1.165) is 18.0 Å². The van der Waals surface area contributed by atoms with Crippen LogP contribution in [0.15, 0.2) is 12.1 Å². The van der Waals surface area contributed by atoms with Gasteiger partial charge in [-0.1, -0.05) is 0 Å². The van der Waals surface area contributed by atoms with Crippen LogP contribution in [0.2, 0.25) is 0 Å². The molecule has 1 aliphatic heterocycles. The Morgan fingerprint density at radius 3 is 2.82 bits per heavy atom. The van der Waals surface area contributed by atoms with E-state index in [-0.39, 0.29) is 0 Å². The first-order valence-electron chi connectivity index (χ1n) is 3.60. The van der Waals surface area contributed by atoms with Gasteiger partial charge >= 0.3 is 0 Å². The molecule has 1 aromatic rings. The molecule has 0 radical (unpaired) electrons. The van der Waals surface area contributed by atoms with Crippen LogP contribution in [-0.2, 0) is 0 Å². The number of hydrogen-bond donors (Lipinski definition) is 1. The van der Waals surface area contributed by atoms with Crippen molar-refractivity contribution in [3.63, 3.8) is 0 Å². The lowest BCUT2D eigenvalue weighted by atomic mass is 10.0. The van der Waals surface area contributed by atoms with E-state index in [2.05, 4.69) is 17.5 Å². The number of nitriles is 1. The Morgan fingerprint density at radius 1 is 1.55 bits per heavy atom. The van der Waals surface area contributed by atoms with Gasteiger partial charge in [0.1, 0.15) is 10.9 Å². The van der Waals surface area contributed by atoms with Crippen LogP contribution in [0.5, 0.6) is 0 Å². The first-order chi connectivity index (χ1) is 5.40. The molecule has 0 unspecified atom stereocenters. The lowest BCUT2D eigenvalue weighted by molar-refractivity contribution is 0.454. The van der Waals surface area contributed by atoms with Crippen molar-refractivity contribution in [3.8, 4) is 6.07 Å². The zero-order valence-corrected chi connectivity index (χ0v) is 6.82. The van der Waals surface area contributed by atoms with Crippen molar-refractivity contribution in [1.29, 1.82) is 5.26 Å². The number of hydrogen-bond acceptors (Lipinski definition) is 3. The fourth-order valence-electron chi connectivity index (χ4n) is 1.12. The van der Waals surface area contributed by atoms with Crippen LogP contribution in [0, 0.1) is 11.3 Å². The van der Waals surface area contributed by atoms with Crippen molar-refractivity contribution in [2.75, 3.05) is 13.1 Å². The van der Waals surface area contributed by atoms with Crippen LogP contribution in [0.4, 0.5) is 0 Å². The molecular formula is C8H8N2S. The number of rotatable bonds is 1. The molecule has 1 saturated heterocycles. The van der Waals surface area contributed by atoms with Crippen molar-refractivity contribution in [3.05, 3.63) is 21.9 Å². The molecule has 0 atom stereocenters. The molecule has 2 rings (SSSR count). The summed E-state index contributed by atoms with van der Waals surface area (Å²) in [6.07, 6.45) is 0. The van der Waals surface area contributed by atoms with Crippen molar-refractivity contribution < 1.29 is 0 Å². The summed E-state index contributed by atoms with van der Waals surface area (Å²) in [6.45, 7) is 2.15. The van der Waals surface area contributed by atoms with E-state index >= 15 is 0 Å². The summed E-state index contributed by atoms with van der Waals surface area (Å²) in [5, 5.41) is 11.8. The third-order valence-corrected chi connectivity index (χ3v) is 3.07. The Hall–Kier alpha value is -0.850. The first-order valence-corrected chi connectivity index (χ1v) is 4.42. The minimum Gasteiger partial charge on any atom is -0.315 e. The zero-order valence-electron chi connectivity index (χ0n) is 6.00. The highest BCUT2D eigenvalue weighted by molar-refractivity contribution is 7.12. The lowest BCUT2D eigenvalue weighted by Gasteiger charge is -2.25. The van der Waals surface area contributed by atoms with Crippen molar-refractivity contribution in [1.82, 2.24) is 5.32 Å². The molecular weight excluding hydrogens is 156 g/mol. The molecule has 0 spiro atoms. The molecule has 3 heteroatoms.